The van der Waals surface area contributed by atoms with Crippen LogP contribution in [-0.4, -0.2) is 70.0 Å². The number of ether oxygens (including phenoxy) is 1. The van der Waals surface area contributed by atoms with Gasteiger partial charge in [0.1, 0.15) is 5.75 Å². The Morgan fingerprint density at radius 2 is 1.69 bits per heavy atom. The fraction of sp³-hybridized carbons (Fsp3) is 0.350. The number of sulfonamides is 1. The molecule has 1 amide bonds. The molecule has 4 rings (SSSR count). The second-order valence-electron chi connectivity index (χ2n) is 7.19. The van der Waals surface area contributed by atoms with E-state index < -0.39 is 16.1 Å². The summed E-state index contributed by atoms with van der Waals surface area (Å²) in [6.07, 6.45) is -0.893. The third-order valence-electron chi connectivity index (χ3n) is 5.23. The highest BCUT2D eigenvalue weighted by Crippen LogP contribution is 2.37. The Labute approximate surface area is 175 Å². The predicted octanol–water partition coefficient (Wildman–Crippen LogP) is 2.07. The standard InChI is InChI=1S/C20H22ClN3O4S/c1-22-10-12-23(13-11-22)20(25)19-14-24(17-4-2-3-5-18(17)28-19)29(26,27)16-8-6-15(21)7-9-16/h2-9,19H,10-14H2,1H3/t19-/m0/s1. The Balaban J connectivity index is 1.66. The average Bonchev–Trinajstić information content (AvgIpc) is 2.73. The minimum absolute atomic E-state index is 0.0762. The lowest BCUT2D eigenvalue weighted by Crippen LogP contribution is -2.55. The van der Waals surface area contributed by atoms with Crippen LogP contribution in [0.4, 0.5) is 5.69 Å². The van der Waals surface area contributed by atoms with E-state index in [4.69, 9.17) is 16.3 Å². The Morgan fingerprint density at radius 3 is 2.38 bits per heavy atom. The summed E-state index contributed by atoms with van der Waals surface area (Å²) >= 11 is 5.91. The van der Waals surface area contributed by atoms with Crippen LogP contribution in [0.3, 0.4) is 0 Å². The molecule has 154 valence electrons. The van der Waals surface area contributed by atoms with Crippen molar-refractivity contribution in [3.8, 4) is 5.75 Å². The third-order valence-corrected chi connectivity index (χ3v) is 7.27. The molecule has 2 heterocycles. The van der Waals surface area contributed by atoms with Gasteiger partial charge in [-0.05, 0) is 43.4 Å². The van der Waals surface area contributed by atoms with Crippen molar-refractivity contribution in [3.63, 3.8) is 0 Å². The zero-order valence-corrected chi connectivity index (χ0v) is 17.6. The summed E-state index contributed by atoms with van der Waals surface area (Å²) in [5, 5.41) is 0.453. The first-order valence-corrected chi connectivity index (χ1v) is 11.2. The fourth-order valence-electron chi connectivity index (χ4n) is 3.52. The molecule has 0 aromatic heterocycles. The molecule has 0 saturated carbocycles. The van der Waals surface area contributed by atoms with Crippen LogP contribution in [0.25, 0.3) is 0 Å². The number of halogens is 1. The lowest BCUT2D eigenvalue weighted by molar-refractivity contribution is -0.140. The molecule has 0 radical (unpaired) electrons. The van der Waals surface area contributed by atoms with Crippen molar-refractivity contribution in [3.05, 3.63) is 53.6 Å². The van der Waals surface area contributed by atoms with Crippen LogP contribution in [-0.2, 0) is 14.8 Å². The van der Waals surface area contributed by atoms with E-state index in [0.29, 0.717) is 29.5 Å². The van der Waals surface area contributed by atoms with Gasteiger partial charge < -0.3 is 14.5 Å². The number of likely N-dealkylation sites (N-methyl/N-ethyl adjacent to an activating group) is 1. The number of carbonyl (C=O) groups is 1. The number of piperazine rings is 1. The molecule has 29 heavy (non-hydrogen) atoms. The molecule has 1 saturated heterocycles. The summed E-state index contributed by atoms with van der Waals surface area (Å²) in [5.74, 6) is 0.188. The molecule has 9 heteroatoms. The number of rotatable bonds is 3. The van der Waals surface area contributed by atoms with Gasteiger partial charge >= 0.3 is 0 Å². The second-order valence-corrected chi connectivity index (χ2v) is 9.49. The summed E-state index contributed by atoms with van der Waals surface area (Å²) in [7, 11) is -1.87. The van der Waals surface area contributed by atoms with Crippen LogP contribution in [0.5, 0.6) is 5.75 Å². The smallest absolute Gasteiger partial charge is 0.265 e. The maximum Gasteiger partial charge on any atom is 0.265 e. The molecular weight excluding hydrogens is 414 g/mol. The van der Waals surface area contributed by atoms with Gasteiger partial charge in [-0.15, -0.1) is 0 Å². The maximum absolute atomic E-state index is 13.3. The van der Waals surface area contributed by atoms with E-state index in [-0.39, 0.29) is 17.3 Å². The van der Waals surface area contributed by atoms with Gasteiger partial charge in [-0.2, -0.15) is 0 Å². The molecule has 7 nitrogen and oxygen atoms in total. The van der Waals surface area contributed by atoms with Crippen molar-refractivity contribution >= 4 is 33.2 Å². The second kappa shape index (κ2) is 7.85. The number of hydrogen-bond acceptors (Lipinski definition) is 5. The van der Waals surface area contributed by atoms with Gasteiger partial charge in [0, 0.05) is 31.2 Å². The molecule has 0 aliphatic carbocycles. The van der Waals surface area contributed by atoms with Crippen molar-refractivity contribution < 1.29 is 17.9 Å². The maximum atomic E-state index is 13.3. The minimum atomic E-state index is -3.88. The van der Waals surface area contributed by atoms with Crippen molar-refractivity contribution in [2.75, 3.05) is 44.1 Å². The van der Waals surface area contributed by atoms with Crippen molar-refractivity contribution in [2.24, 2.45) is 0 Å². The van der Waals surface area contributed by atoms with E-state index in [9.17, 15) is 13.2 Å². The van der Waals surface area contributed by atoms with Crippen molar-refractivity contribution in [1.82, 2.24) is 9.80 Å². The summed E-state index contributed by atoms with van der Waals surface area (Å²) in [4.78, 5) is 17.1. The lowest BCUT2D eigenvalue weighted by Gasteiger charge is -2.38. The molecule has 2 aliphatic rings. The highest BCUT2D eigenvalue weighted by molar-refractivity contribution is 7.92. The van der Waals surface area contributed by atoms with Gasteiger partial charge in [-0.25, -0.2) is 8.42 Å². The number of amides is 1. The third kappa shape index (κ3) is 3.92. The monoisotopic (exact) mass is 435 g/mol. The highest BCUT2D eigenvalue weighted by Gasteiger charge is 2.39. The Bertz CT molecular complexity index is 1000. The van der Waals surface area contributed by atoms with Gasteiger partial charge in [-0.1, -0.05) is 23.7 Å². The molecule has 0 N–H and O–H groups in total. The first kappa shape index (κ1) is 20.0. The van der Waals surface area contributed by atoms with E-state index in [1.165, 1.54) is 28.6 Å². The number of para-hydroxylation sites is 2. The summed E-state index contributed by atoms with van der Waals surface area (Å²) in [6.45, 7) is 2.68. The van der Waals surface area contributed by atoms with Gasteiger partial charge in [0.15, 0.2) is 6.10 Å². The number of nitrogens with zero attached hydrogens (tertiary/aromatic N) is 3. The SMILES string of the molecule is CN1CCN(C(=O)[C@@H]2CN(S(=O)(=O)c3ccc(Cl)cc3)c3ccccc3O2)CC1. The van der Waals surface area contributed by atoms with E-state index >= 15 is 0 Å². The number of carbonyl (C=O) groups excluding carboxylic acids is 1. The first-order chi connectivity index (χ1) is 13.9. The van der Waals surface area contributed by atoms with Gasteiger partial charge in [-0.3, -0.25) is 9.10 Å². The van der Waals surface area contributed by atoms with Crippen LogP contribution in [0.15, 0.2) is 53.4 Å². The topological polar surface area (TPSA) is 70.2 Å². The molecule has 2 aliphatic heterocycles. The summed E-state index contributed by atoms with van der Waals surface area (Å²) < 4.78 is 33.9. The number of anilines is 1. The Kier molecular flexibility index (Phi) is 5.42. The zero-order chi connectivity index (χ0) is 20.6. The molecule has 1 fully saturated rings. The lowest BCUT2D eigenvalue weighted by atomic mass is 10.2. The van der Waals surface area contributed by atoms with Crippen LogP contribution in [0, 0.1) is 0 Å². The largest absolute Gasteiger partial charge is 0.476 e. The van der Waals surface area contributed by atoms with Crippen LogP contribution < -0.4 is 9.04 Å². The van der Waals surface area contributed by atoms with Crippen LogP contribution in [0.1, 0.15) is 0 Å². The first-order valence-electron chi connectivity index (χ1n) is 9.37. The highest BCUT2D eigenvalue weighted by atomic mass is 35.5. The molecule has 0 unspecified atom stereocenters. The minimum Gasteiger partial charge on any atom is -0.476 e. The van der Waals surface area contributed by atoms with E-state index in [1.54, 1.807) is 29.2 Å². The van der Waals surface area contributed by atoms with Crippen molar-refractivity contribution in [1.29, 1.82) is 0 Å². The van der Waals surface area contributed by atoms with E-state index in [2.05, 4.69) is 4.90 Å². The average molecular weight is 436 g/mol. The predicted molar refractivity (Wildman–Crippen MR) is 111 cm³/mol. The van der Waals surface area contributed by atoms with Crippen LogP contribution in [0.2, 0.25) is 5.02 Å². The quantitative estimate of drug-likeness (QED) is 0.738. The number of hydrogen-bond donors (Lipinski definition) is 0. The molecule has 0 bridgehead atoms. The van der Waals surface area contributed by atoms with Gasteiger partial charge in [0.2, 0.25) is 0 Å². The summed E-state index contributed by atoms with van der Waals surface area (Å²) in [6, 6.07) is 12.9. The number of benzene rings is 2. The molecule has 2 aromatic rings. The molecular formula is C20H22ClN3O4S. The molecule has 0 spiro atoms. The van der Waals surface area contributed by atoms with Gasteiger partial charge in [0.25, 0.3) is 15.9 Å². The summed E-state index contributed by atoms with van der Waals surface area (Å²) in [5.41, 5.74) is 0.421. The Hall–Kier alpha value is -2.29. The van der Waals surface area contributed by atoms with E-state index in [0.717, 1.165) is 13.1 Å². The normalized spacial score (nSPS) is 20.1. The van der Waals surface area contributed by atoms with Crippen molar-refractivity contribution in [2.45, 2.75) is 11.0 Å². The number of fused-ring (bicyclic) bond motifs is 1. The molecule has 1 atom stereocenters. The Morgan fingerprint density at radius 1 is 1.03 bits per heavy atom. The zero-order valence-electron chi connectivity index (χ0n) is 16.0. The van der Waals surface area contributed by atoms with Gasteiger partial charge in [0.05, 0.1) is 17.1 Å². The molecule has 2 aromatic carbocycles. The fourth-order valence-corrected chi connectivity index (χ4v) is 5.12. The van der Waals surface area contributed by atoms with Crippen LogP contribution >= 0.6 is 11.6 Å². The van der Waals surface area contributed by atoms with E-state index in [1.807, 2.05) is 7.05 Å².